The zero-order chi connectivity index (χ0) is 13.0. The summed E-state index contributed by atoms with van der Waals surface area (Å²) in [4.78, 5) is 11.4. The molecule has 1 amide bonds. The number of nitrogens with two attached hydrogens (primary N) is 1. The van der Waals surface area contributed by atoms with Gasteiger partial charge in [0.05, 0.1) is 5.56 Å². The van der Waals surface area contributed by atoms with Crippen molar-refractivity contribution in [3.8, 4) is 0 Å². The SMILES string of the molecule is NC(=O)c1c(Br)cccc1NCC1CCNCC1. The van der Waals surface area contributed by atoms with E-state index in [0.717, 1.165) is 29.8 Å². The van der Waals surface area contributed by atoms with Crippen molar-refractivity contribution < 1.29 is 4.79 Å². The van der Waals surface area contributed by atoms with Crippen LogP contribution in [0.4, 0.5) is 5.69 Å². The number of halogens is 1. The summed E-state index contributed by atoms with van der Waals surface area (Å²) in [7, 11) is 0. The maximum atomic E-state index is 11.4. The molecule has 1 aromatic rings. The van der Waals surface area contributed by atoms with Gasteiger partial charge in [-0.1, -0.05) is 6.07 Å². The summed E-state index contributed by atoms with van der Waals surface area (Å²) in [5.74, 6) is 0.251. The molecule has 2 rings (SSSR count). The summed E-state index contributed by atoms with van der Waals surface area (Å²) in [5.41, 5.74) is 6.75. The van der Waals surface area contributed by atoms with E-state index in [9.17, 15) is 4.79 Å². The molecule has 0 radical (unpaired) electrons. The lowest BCUT2D eigenvalue weighted by atomic mass is 9.98. The van der Waals surface area contributed by atoms with Crippen molar-refractivity contribution in [2.75, 3.05) is 25.0 Å². The molecule has 4 nitrogen and oxygen atoms in total. The highest BCUT2D eigenvalue weighted by atomic mass is 79.9. The molecule has 1 heterocycles. The van der Waals surface area contributed by atoms with E-state index in [-0.39, 0.29) is 0 Å². The van der Waals surface area contributed by atoms with E-state index in [1.54, 1.807) is 0 Å². The van der Waals surface area contributed by atoms with Gasteiger partial charge in [0.1, 0.15) is 0 Å². The van der Waals surface area contributed by atoms with Crippen LogP contribution in [0.25, 0.3) is 0 Å². The second kappa shape index (κ2) is 6.20. The molecule has 0 atom stereocenters. The third-order valence-electron chi connectivity index (χ3n) is 3.30. The zero-order valence-electron chi connectivity index (χ0n) is 10.2. The van der Waals surface area contributed by atoms with Crippen LogP contribution in [0.5, 0.6) is 0 Å². The molecule has 1 fully saturated rings. The van der Waals surface area contributed by atoms with Crippen molar-refractivity contribution in [1.82, 2.24) is 5.32 Å². The van der Waals surface area contributed by atoms with Crippen LogP contribution in [-0.2, 0) is 0 Å². The molecule has 98 valence electrons. The number of rotatable bonds is 4. The van der Waals surface area contributed by atoms with E-state index in [1.807, 2.05) is 18.2 Å². The lowest BCUT2D eigenvalue weighted by Gasteiger charge is -2.23. The Hall–Kier alpha value is -1.07. The Morgan fingerprint density at radius 2 is 2.17 bits per heavy atom. The molecule has 1 saturated heterocycles. The number of anilines is 1. The fourth-order valence-corrected chi connectivity index (χ4v) is 2.82. The molecule has 4 N–H and O–H groups in total. The maximum Gasteiger partial charge on any atom is 0.251 e. The van der Waals surface area contributed by atoms with Gasteiger partial charge in [-0.3, -0.25) is 4.79 Å². The third-order valence-corrected chi connectivity index (χ3v) is 3.96. The lowest BCUT2D eigenvalue weighted by molar-refractivity contribution is 0.100. The van der Waals surface area contributed by atoms with Gasteiger partial charge in [0.15, 0.2) is 0 Å². The molecule has 18 heavy (non-hydrogen) atoms. The van der Waals surface area contributed by atoms with Gasteiger partial charge in [-0.25, -0.2) is 0 Å². The Balaban J connectivity index is 2.04. The fourth-order valence-electron chi connectivity index (χ4n) is 2.26. The first-order chi connectivity index (χ1) is 8.68. The van der Waals surface area contributed by atoms with E-state index < -0.39 is 5.91 Å². The summed E-state index contributed by atoms with van der Waals surface area (Å²) in [6.45, 7) is 3.04. The number of nitrogens with one attached hydrogen (secondary N) is 2. The first-order valence-corrected chi connectivity index (χ1v) is 7.00. The Bertz CT molecular complexity index is 430. The predicted octanol–water partition coefficient (Wildman–Crippen LogP) is 1.96. The number of amides is 1. The molecule has 5 heteroatoms. The molecule has 0 spiro atoms. The van der Waals surface area contributed by atoms with Crippen LogP contribution < -0.4 is 16.4 Å². The molecule has 0 aromatic heterocycles. The highest BCUT2D eigenvalue weighted by Gasteiger charge is 2.15. The quantitative estimate of drug-likeness (QED) is 0.796. The first kappa shape index (κ1) is 13.4. The molecule has 1 aliphatic rings. The van der Waals surface area contributed by atoms with Gasteiger partial charge < -0.3 is 16.4 Å². The van der Waals surface area contributed by atoms with E-state index in [4.69, 9.17) is 5.73 Å². The van der Waals surface area contributed by atoms with Crippen LogP contribution >= 0.6 is 15.9 Å². The largest absolute Gasteiger partial charge is 0.384 e. The number of carbonyl (C=O) groups is 1. The standard InChI is InChI=1S/C13H18BrN3O/c14-10-2-1-3-11(12(10)13(15)18)17-8-9-4-6-16-7-5-9/h1-3,9,16-17H,4-8H2,(H2,15,18). The summed E-state index contributed by atoms with van der Waals surface area (Å²) in [5, 5.41) is 6.69. The predicted molar refractivity (Wildman–Crippen MR) is 76.7 cm³/mol. The van der Waals surface area contributed by atoms with E-state index >= 15 is 0 Å². The minimum absolute atomic E-state index is 0.407. The van der Waals surface area contributed by atoms with Gasteiger partial charge in [0.2, 0.25) is 0 Å². The van der Waals surface area contributed by atoms with Crippen molar-refractivity contribution in [3.63, 3.8) is 0 Å². The average molecular weight is 312 g/mol. The van der Waals surface area contributed by atoms with Crippen molar-refractivity contribution in [3.05, 3.63) is 28.2 Å². The van der Waals surface area contributed by atoms with Crippen LogP contribution in [-0.4, -0.2) is 25.5 Å². The normalized spacial score (nSPS) is 16.5. The lowest BCUT2D eigenvalue weighted by Crippen LogP contribution is -2.31. The van der Waals surface area contributed by atoms with Crippen LogP contribution in [0, 0.1) is 5.92 Å². The second-order valence-electron chi connectivity index (χ2n) is 4.60. The number of benzene rings is 1. The van der Waals surface area contributed by atoms with Gasteiger partial charge in [-0.2, -0.15) is 0 Å². The van der Waals surface area contributed by atoms with Crippen molar-refractivity contribution >= 4 is 27.5 Å². The third kappa shape index (κ3) is 3.23. The number of primary amides is 1. The molecule has 1 aliphatic heterocycles. The van der Waals surface area contributed by atoms with E-state index in [0.29, 0.717) is 11.5 Å². The summed E-state index contributed by atoms with van der Waals surface area (Å²) in [6, 6.07) is 5.63. The second-order valence-corrected chi connectivity index (χ2v) is 5.46. The van der Waals surface area contributed by atoms with E-state index in [1.165, 1.54) is 12.8 Å². The maximum absolute atomic E-state index is 11.4. The van der Waals surface area contributed by atoms with Crippen LogP contribution in [0.15, 0.2) is 22.7 Å². The molecule has 0 saturated carbocycles. The summed E-state index contributed by atoms with van der Waals surface area (Å²) >= 11 is 3.36. The van der Waals surface area contributed by atoms with Gasteiger partial charge in [0, 0.05) is 16.7 Å². The van der Waals surface area contributed by atoms with Crippen molar-refractivity contribution in [2.24, 2.45) is 11.7 Å². The monoisotopic (exact) mass is 311 g/mol. The van der Waals surface area contributed by atoms with Crippen molar-refractivity contribution in [2.45, 2.75) is 12.8 Å². The van der Waals surface area contributed by atoms with Crippen LogP contribution in [0.3, 0.4) is 0 Å². The Morgan fingerprint density at radius 3 is 2.83 bits per heavy atom. The molecule has 0 unspecified atom stereocenters. The van der Waals surface area contributed by atoms with Gasteiger partial charge in [-0.15, -0.1) is 0 Å². The van der Waals surface area contributed by atoms with Crippen molar-refractivity contribution in [1.29, 1.82) is 0 Å². The Kier molecular flexibility index (Phi) is 4.60. The Morgan fingerprint density at radius 1 is 1.44 bits per heavy atom. The highest BCUT2D eigenvalue weighted by molar-refractivity contribution is 9.10. The minimum Gasteiger partial charge on any atom is -0.384 e. The topological polar surface area (TPSA) is 67.2 Å². The molecule has 1 aromatic carbocycles. The minimum atomic E-state index is -0.407. The number of hydrogen-bond acceptors (Lipinski definition) is 3. The van der Waals surface area contributed by atoms with Crippen LogP contribution in [0.2, 0.25) is 0 Å². The smallest absolute Gasteiger partial charge is 0.251 e. The number of carbonyl (C=O) groups excluding carboxylic acids is 1. The number of hydrogen-bond donors (Lipinski definition) is 3. The molecular formula is C13H18BrN3O. The van der Waals surface area contributed by atoms with Gasteiger partial charge in [-0.05, 0) is 59.9 Å². The highest BCUT2D eigenvalue weighted by Crippen LogP contribution is 2.25. The van der Waals surface area contributed by atoms with E-state index in [2.05, 4.69) is 26.6 Å². The van der Waals surface area contributed by atoms with Gasteiger partial charge >= 0.3 is 0 Å². The first-order valence-electron chi connectivity index (χ1n) is 6.21. The summed E-state index contributed by atoms with van der Waals surface area (Å²) in [6.07, 6.45) is 2.35. The molecule has 0 bridgehead atoms. The van der Waals surface area contributed by atoms with Gasteiger partial charge in [0.25, 0.3) is 5.91 Å². The zero-order valence-corrected chi connectivity index (χ0v) is 11.8. The Labute approximate surface area is 115 Å². The molecule has 0 aliphatic carbocycles. The molecular weight excluding hydrogens is 294 g/mol. The number of piperidine rings is 1. The fraction of sp³-hybridized carbons (Fsp3) is 0.462. The summed E-state index contributed by atoms with van der Waals surface area (Å²) < 4.78 is 0.741. The van der Waals surface area contributed by atoms with Crippen LogP contribution in [0.1, 0.15) is 23.2 Å². The average Bonchev–Trinajstić information content (AvgIpc) is 2.37.